The van der Waals surface area contributed by atoms with Crippen molar-refractivity contribution in [3.05, 3.63) is 69.7 Å². The van der Waals surface area contributed by atoms with Crippen molar-refractivity contribution in [1.82, 2.24) is 60.0 Å². The molecule has 2 aliphatic carbocycles. The monoisotopic (exact) mass is 1470 g/mol. The van der Waals surface area contributed by atoms with Crippen LogP contribution in [0, 0.1) is 24.7 Å². The van der Waals surface area contributed by atoms with Crippen molar-refractivity contribution in [1.29, 1.82) is 0 Å². The standard InChI is InChI=1S/C73H106ClF3N12O12S/c1-15-45(5)60-69(99)83(10)46(6)64(94)89-36-32-54(89)68(98)85(12)56(39-48-26-24-44(4)25-27-48)67(97)82(9)40-58(90)78-52(31-29-47-28-30-50(51(74)38-47)73(75,76)77)65(95)88-35-20-23-53(88)63(93)80-72(33-18-19-34-72)71(101)87(14)61(49-21-16-17-22-49)70(100)86(13)57(66(96)81(7)8)41-102-42-59(91)84(11)55(37-43(2)3)62(92)79-60/h24-28,30,38,43,45-46,49,52-57,60-61H,15-23,29,31-37,39-42H2,1-14H3,(H,78,90)(H,79,92)(H,80,93)/t45-,46-,52-,53-,54?,55-,56-,57-,60-,61-/m0/s1. The Balaban J connectivity index is 1.27. The van der Waals surface area contributed by atoms with Gasteiger partial charge in [-0.25, -0.2) is 0 Å². The van der Waals surface area contributed by atoms with Crippen molar-refractivity contribution in [2.75, 3.05) is 87.5 Å². The first-order valence-corrected chi connectivity index (χ1v) is 37.3. The molecule has 0 bridgehead atoms. The SMILES string of the molecule is CC[C@H](C)[C@@H]1NC(=O)[C@H](CC(C)C)N(C)C(=O)CSC[C@@H](C(=O)N(C)C)N(C)C(=O)[C@H](C2CCCC2)N(C)C(=O)C2(CCCC2)NC(=O)[C@@H]2CCCN2C(=O)[C@H](CCc2ccc(C(F)(F)F)c(Cl)c2)NC(=O)CN(C)C(=O)[C@H](Cc2ccc(C)cc2)N(C)C(=O)C2CCN2C(=O)[C@H](C)N(C)C1=O. The Bertz CT molecular complexity index is 3410. The van der Waals surface area contributed by atoms with Gasteiger partial charge in [-0.1, -0.05) is 107 Å². The van der Waals surface area contributed by atoms with Crippen molar-refractivity contribution in [3.8, 4) is 0 Å². The first-order chi connectivity index (χ1) is 47.9. The molecule has 3 N–H and O–H groups in total. The summed E-state index contributed by atoms with van der Waals surface area (Å²) in [6.45, 7) is 10.3. The van der Waals surface area contributed by atoms with Gasteiger partial charge in [-0.3, -0.25) is 57.5 Å². The van der Waals surface area contributed by atoms with E-state index in [1.165, 1.54) is 94.5 Å². The topological polar surface area (TPSA) is 270 Å². The lowest BCUT2D eigenvalue weighted by Gasteiger charge is -2.45. The van der Waals surface area contributed by atoms with Crippen LogP contribution in [0.5, 0.6) is 0 Å². The fraction of sp³-hybridized carbons (Fsp3) is 0.671. The number of aryl methyl sites for hydroxylation is 2. The van der Waals surface area contributed by atoms with Crippen LogP contribution < -0.4 is 16.0 Å². The summed E-state index contributed by atoms with van der Waals surface area (Å²) in [6.07, 6.45) is 0.276. The molecule has 2 aromatic carbocycles. The molecule has 29 heteroatoms. The molecular weight excluding hydrogens is 1360 g/mol. The summed E-state index contributed by atoms with van der Waals surface area (Å²) < 4.78 is 41.7. The van der Waals surface area contributed by atoms with Crippen molar-refractivity contribution in [2.45, 2.75) is 210 Å². The number of halogens is 4. The predicted molar refractivity (Wildman–Crippen MR) is 381 cm³/mol. The van der Waals surface area contributed by atoms with Gasteiger partial charge in [-0.05, 0) is 119 Å². The Hall–Kier alpha value is -7.49. The summed E-state index contributed by atoms with van der Waals surface area (Å²) in [6, 6.07) is -0.250. The molecule has 2 aromatic rings. The fourth-order valence-corrected chi connectivity index (χ4v) is 16.1. The highest BCUT2D eigenvalue weighted by molar-refractivity contribution is 8.00. The highest BCUT2D eigenvalue weighted by atomic mass is 35.5. The maximum Gasteiger partial charge on any atom is 0.417 e. The van der Waals surface area contributed by atoms with Crippen LogP contribution >= 0.6 is 23.4 Å². The van der Waals surface area contributed by atoms with E-state index in [1.54, 1.807) is 33.2 Å². The van der Waals surface area contributed by atoms with Crippen LogP contribution in [-0.2, 0) is 76.6 Å². The number of amides is 12. The van der Waals surface area contributed by atoms with Crippen LogP contribution in [-0.4, -0.2) is 262 Å². The zero-order chi connectivity index (χ0) is 75.6. The molecule has 0 radical (unpaired) electrons. The van der Waals surface area contributed by atoms with E-state index < -0.39 is 160 Å². The first kappa shape index (κ1) is 81.8. The van der Waals surface area contributed by atoms with E-state index in [4.69, 9.17) is 11.6 Å². The Morgan fingerprint density at radius 3 is 1.89 bits per heavy atom. The zero-order valence-corrected chi connectivity index (χ0v) is 63.2. The molecule has 24 nitrogen and oxygen atoms in total. The van der Waals surface area contributed by atoms with Gasteiger partial charge in [-0.15, -0.1) is 11.8 Å². The smallest absolute Gasteiger partial charge is 0.347 e. The molecule has 5 fully saturated rings. The largest absolute Gasteiger partial charge is 0.417 e. The molecule has 3 aliphatic heterocycles. The molecule has 102 heavy (non-hydrogen) atoms. The molecule has 2 saturated carbocycles. The second-order valence-corrected chi connectivity index (χ2v) is 30.8. The Morgan fingerprint density at radius 1 is 0.686 bits per heavy atom. The van der Waals surface area contributed by atoms with Gasteiger partial charge in [0.1, 0.15) is 59.9 Å². The van der Waals surface area contributed by atoms with Gasteiger partial charge in [0.2, 0.25) is 70.9 Å². The number of carbonyl (C=O) groups excluding carboxylic acids is 12. The van der Waals surface area contributed by atoms with E-state index in [9.17, 15) is 46.7 Å². The molecule has 7 rings (SSSR count). The summed E-state index contributed by atoms with van der Waals surface area (Å²) in [5.74, 6) is -8.56. The minimum absolute atomic E-state index is 0.0303. The van der Waals surface area contributed by atoms with E-state index in [0.29, 0.717) is 44.1 Å². The summed E-state index contributed by atoms with van der Waals surface area (Å²) in [7, 11) is 11.8. The highest BCUT2D eigenvalue weighted by Gasteiger charge is 2.52. The Labute approximate surface area is 607 Å². The average Bonchev–Trinajstić information content (AvgIpc) is 1.45. The maximum absolute atomic E-state index is 15.5. The van der Waals surface area contributed by atoms with Gasteiger partial charge in [0.25, 0.3) is 0 Å². The zero-order valence-electron chi connectivity index (χ0n) is 61.7. The fourth-order valence-electron chi connectivity index (χ4n) is 14.7. The number of hydrogen-bond acceptors (Lipinski definition) is 13. The van der Waals surface area contributed by atoms with E-state index in [1.807, 2.05) is 39.8 Å². The molecule has 12 amide bonds. The van der Waals surface area contributed by atoms with E-state index >= 15 is 24.0 Å². The number of rotatable bonds is 11. The number of fused-ring (bicyclic) bond motifs is 2. The second-order valence-electron chi connectivity index (χ2n) is 29.4. The average molecular weight is 1470 g/mol. The van der Waals surface area contributed by atoms with Gasteiger partial charge in [0, 0.05) is 81.6 Å². The number of alkyl halides is 3. The second kappa shape index (κ2) is 35.3. The maximum atomic E-state index is 15.5. The number of carbonyl (C=O) groups is 12. The third-order valence-corrected chi connectivity index (χ3v) is 22.9. The third kappa shape index (κ3) is 19.3. The van der Waals surface area contributed by atoms with Crippen molar-refractivity contribution in [2.24, 2.45) is 17.8 Å². The summed E-state index contributed by atoms with van der Waals surface area (Å²) in [5, 5.41) is 8.16. The number of likely N-dealkylation sites (N-methyl/N-ethyl adjacent to an activating group) is 7. The van der Waals surface area contributed by atoms with Crippen molar-refractivity contribution >= 4 is 94.2 Å². The molecule has 564 valence electrons. The molecular formula is C73H106ClF3N12O12S. The highest BCUT2D eigenvalue weighted by Crippen LogP contribution is 2.39. The quantitative estimate of drug-likeness (QED) is 0.249. The number of nitrogens with one attached hydrogen (secondary N) is 3. The molecule has 5 aliphatic rings. The summed E-state index contributed by atoms with van der Waals surface area (Å²) in [5.41, 5.74) is -0.763. The van der Waals surface area contributed by atoms with Crippen LogP contribution in [0.25, 0.3) is 0 Å². The van der Waals surface area contributed by atoms with Gasteiger partial charge in [-0.2, -0.15) is 13.2 Å². The van der Waals surface area contributed by atoms with Crippen molar-refractivity contribution in [3.63, 3.8) is 0 Å². The Kier molecular flexibility index (Phi) is 28.3. The van der Waals surface area contributed by atoms with Crippen LogP contribution in [0.2, 0.25) is 5.02 Å². The van der Waals surface area contributed by atoms with E-state index in [2.05, 4.69) is 16.0 Å². The van der Waals surface area contributed by atoms with Crippen LogP contribution in [0.4, 0.5) is 13.2 Å². The van der Waals surface area contributed by atoms with Crippen LogP contribution in [0.3, 0.4) is 0 Å². The normalized spacial score (nSPS) is 26.6. The predicted octanol–water partition coefficient (Wildman–Crippen LogP) is 5.56. The van der Waals surface area contributed by atoms with E-state index in [0.717, 1.165) is 47.2 Å². The number of thioether (sulfide) groups is 1. The third-order valence-electron chi connectivity index (χ3n) is 21.6. The minimum Gasteiger partial charge on any atom is -0.347 e. The number of benzene rings is 2. The minimum atomic E-state index is -4.77. The molecule has 3 saturated heterocycles. The number of nitrogens with zero attached hydrogens (tertiary/aromatic N) is 9. The lowest BCUT2D eigenvalue weighted by Crippen LogP contribution is -2.65. The van der Waals surface area contributed by atoms with Gasteiger partial charge in [0.15, 0.2) is 0 Å². The molecule has 1 spiro atoms. The molecule has 1 unspecified atom stereocenters. The van der Waals surface area contributed by atoms with Gasteiger partial charge < -0.3 is 60.0 Å². The van der Waals surface area contributed by atoms with Crippen molar-refractivity contribution < 1.29 is 70.7 Å². The van der Waals surface area contributed by atoms with E-state index in [-0.39, 0.29) is 93.4 Å². The van der Waals surface area contributed by atoms with Gasteiger partial charge >= 0.3 is 6.18 Å². The van der Waals surface area contributed by atoms with Crippen LogP contribution in [0.15, 0.2) is 42.5 Å². The number of hydrogen-bond donors (Lipinski definition) is 3. The molecule has 10 atom stereocenters. The summed E-state index contributed by atoms with van der Waals surface area (Å²) in [4.78, 5) is 190. The molecule has 0 aromatic heterocycles. The lowest BCUT2D eigenvalue weighted by molar-refractivity contribution is -0.160. The first-order valence-electron chi connectivity index (χ1n) is 35.8. The van der Waals surface area contributed by atoms with Crippen LogP contribution in [0.1, 0.15) is 147 Å². The molecule has 3 heterocycles. The summed E-state index contributed by atoms with van der Waals surface area (Å²) >= 11 is 7.24. The van der Waals surface area contributed by atoms with Gasteiger partial charge in [0.05, 0.1) is 22.9 Å². The Morgan fingerprint density at radius 2 is 1.31 bits per heavy atom. The lowest BCUT2D eigenvalue weighted by atomic mass is 9.90.